The predicted molar refractivity (Wildman–Crippen MR) is 126 cm³/mol. The summed E-state index contributed by atoms with van der Waals surface area (Å²) in [4.78, 5) is 14.1. The number of hydrogen-bond donors (Lipinski definition) is 0. The van der Waals surface area contributed by atoms with Gasteiger partial charge in [-0.2, -0.15) is 4.31 Å². The van der Waals surface area contributed by atoms with Crippen LogP contribution in [0, 0.1) is 0 Å². The predicted octanol–water partition coefficient (Wildman–Crippen LogP) is 4.56. The zero-order valence-corrected chi connectivity index (χ0v) is 20.4. The lowest BCUT2D eigenvalue weighted by atomic mass is 10.1. The molecule has 0 bridgehead atoms. The highest BCUT2D eigenvalue weighted by Gasteiger charge is 2.30. The van der Waals surface area contributed by atoms with Gasteiger partial charge in [0.25, 0.3) is 0 Å². The number of benzene rings is 1. The summed E-state index contributed by atoms with van der Waals surface area (Å²) < 4.78 is 28.6. The highest BCUT2D eigenvalue weighted by Crippen LogP contribution is 2.22. The molecule has 0 amide bonds. The number of aryl methyl sites for hydroxylation is 1. The number of nitrogens with zero attached hydrogens (tertiary/aromatic N) is 2. The third kappa shape index (κ3) is 7.98. The van der Waals surface area contributed by atoms with Crippen molar-refractivity contribution >= 4 is 26.9 Å². The van der Waals surface area contributed by atoms with Crippen LogP contribution in [0.5, 0.6) is 0 Å². The van der Waals surface area contributed by atoms with Crippen molar-refractivity contribution in [3.8, 4) is 0 Å². The Morgan fingerprint density at radius 3 is 2.40 bits per heavy atom. The minimum atomic E-state index is -3.61. The van der Waals surface area contributed by atoms with E-state index in [0.717, 1.165) is 32.5 Å². The molecule has 5 nitrogen and oxygen atoms in total. The molecule has 2 rings (SSSR count). The molecule has 1 unspecified atom stereocenters. The Kier molecular flexibility index (Phi) is 10.9. The van der Waals surface area contributed by atoms with Crippen molar-refractivity contribution in [2.24, 2.45) is 0 Å². The van der Waals surface area contributed by atoms with Gasteiger partial charge in [-0.05, 0) is 63.4 Å². The fraction of sp³-hybridized carbons (Fsp3) is 0.696. The number of carbonyl (C=O) groups excluding carboxylic acids is 1. The van der Waals surface area contributed by atoms with E-state index in [1.54, 1.807) is 16.4 Å². The molecule has 170 valence electrons. The van der Waals surface area contributed by atoms with E-state index in [2.05, 4.69) is 11.8 Å². The first-order valence-corrected chi connectivity index (χ1v) is 13.7. The smallest absolute Gasteiger partial charge is 0.243 e. The van der Waals surface area contributed by atoms with Crippen LogP contribution in [0.3, 0.4) is 0 Å². The second kappa shape index (κ2) is 12.8. The lowest BCUT2D eigenvalue weighted by Crippen LogP contribution is -2.45. The molecular weight excluding hydrogens is 416 g/mol. The molecule has 0 radical (unpaired) electrons. The quantitative estimate of drug-likeness (QED) is 0.433. The molecule has 1 heterocycles. The number of rotatable bonds is 12. The Morgan fingerprint density at radius 2 is 1.80 bits per heavy atom. The molecule has 30 heavy (non-hydrogen) atoms. The van der Waals surface area contributed by atoms with Crippen molar-refractivity contribution in [3.05, 3.63) is 29.8 Å². The number of piperidine rings is 1. The highest BCUT2D eigenvalue weighted by molar-refractivity contribution is 8.13. The molecule has 1 fully saturated rings. The van der Waals surface area contributed by atoms with Crippen LogP contribution >= 0.6 is 11.8 Å². The maximum absolute atomic E-state index is 13.5. The van der Waals surface area contributed by atoms with Gasteiger partial charge in [-0.1, -0.05) is 50.1 Å². The van der Waals surface area contributed by atoms with E-state index >= 15 is 0 Å². The summed E-state index contributed by atoms with van der Waals surface area (Å²) in [5.41, 5.74) is 1.18. The Morgan fingerprint density at radius 1 is 1.13 bits per heavy atom. The Labute approximate surface area is 187 Å². The minimum Gasteiger partial charge on any atom is -0.302 e. The molecule has 1 saturated heterocycles. The van der Waals surface area contributed by atoms with Gasteiger partial charge in [0.15, 0.2) is 5.12 Å². The molecular formula is C23H38N2O3S2. The Bertz CT molecular complexity index is 744. The van der Waals surface area contributed by atoms with E-state index in [9.17, 15) is 13.2 Å². The van der Waals surface area contributed by atoms with Crippen LogP contribution in [0.2, 0.25) is 0 Å². The highest BCUT2D eigenvalue weighted by atomic mass is 32.2. The zero-order chi connectivity index (χ0) is 22.0. The molecule has 0 spiro atoms. The first-order chi connectivity index (χ1) is 14.3. The maximum Gasteiger partial charge on any atom is 0.243 e. The standard InChI is InChI=1S/C23H38N2O3S2/c1-4-5-7-10-22-11-13-23(14-12-22)30(27,28)25(20(2)19-29-21(3)26)18-17-24-15-8-6-9-16-24/h11-14,20H,4-10,15-19H2,1-3H3. The lowest BCUT2D eigenvalue weighted by Gasteiger charge is -2.32. The molecule has 1 aliphatic rings. The van der Waals surface area contributed by atoms with Crippen LogP contribution in [-0.2, 0) is 21.2 Å². The van der Waals surface area contributed by atoms with E-state index in [0.29, 0.717) is 17.2 Å². The summed E-state index contributed by atoms with van der Waals surface area (Å²) >= 11 is 1.20. The minimum absolute atomic E-state index is 0.0201. The van der Waals surface area contributed by atoms with Gasteiger partial charge in [-0.15, -0.1) is 0 Å². The number of sulfonamides is 1. The van der Waals surface area contributed by atoms with Crippen LogP contribution in [-0.4, -0.2) is 60.7 Å². The summed E-state index contributed by atoms with van der Waals surface area (Å²) in [5, 5.41) is 0.0201. The monoisotopic (exact) mass is 454 g/mol. The molecule has 0 saturated carbocycles. The number of carbonyl (C=O) groups is 1. The second-order valence-corrected chi connectivity index (χ2v) is 11.4. The average molecular weight is 455 g/mol. The second-order valence-electron chi connectivity index (χ2n) is 8.27. The number of thioether (sulfide) groups is 1. The SMILES string of the molecule is CCCCCc1ccc(S(=O)(=O)N(CCN2CCCCC2)C(C)CSC(C)=O)cc1. The van der Waals surface area contributed by atoms with Gasteiger partial charge >= 0.3 is 0 Å². The number of hydrogen-bond acceptors (Lipinski definition) is 5. The van der Waals surface area contributed by atoms with Crippen molar-refractivity contribution < 1.29 is 13.2 Å². The molecule has 1 aliphatic heterocycles. The first-order valence-electron chi connectivity index (χ1n) is 11.3. The molecule has 0 aliphatic carbocycles. The van der Waals surface area contributed by atoms with Crippen molar-refractivity contribution in [3.63, 3.8) is 0 Å². The largest absolute Gasteiger partial charge is 0.302 e. The van der Waals surface area contributed by atoms with Crippen molar-refractivity contribution in [1.29, 1.82) is 0 Å². The summed E-state index contributed by atoms with van der Waals surface area (Å²) in [5.74, 6) is 0.476. The number of likely N-dealkylation sites (tertiary alicyclic amines) is 1. The molecule has 1 aromatic rings. The topological polar surface area (TPSA) is 57.7 Å². The van der Waals surface area contributed by atoms with Crippen molar-refractivity contribution in [2.75, 3.05) is 31.9 Å². The lowest BCUT2D eigenvalue weighted by molar-refractivity contribution is -0.109. The molecule has 1 aromatic carbocycles. The van der Waals surface area contributed by atoms with Gasteiger partial charge in [0.2, 0.25) is 10.0 Å². The van der Waals surface area contributed by atoms with Crippen LogP contribution in [0.1, 0.15) is 64.9 Å². The summed E-state index contributed by atoms with van der Waals surface area (Å²) in [6, 6.07) is 7.14. The van der Waals surface area contributed by atoms with Crippen LogP contribution in [0.4, 0.5) is 0 Å². The van der Waals surface area contributed by atoms with Gasteiger partial charge in [0.1, 0.15) is 0 Å². The fourth-order valence-corrected chi connectivity index (χ4v) is 6.24. The Balaban J connectivity index is 2.13. The third-order valence-corrected chi connectivity index (χ3v) is 8.79. The first kappa shape index (κ1) is 25.4. The summed E-state index contributed by atoms with van der Waals surface area (Å²) in [7, 11) is -3.61. The van der Waals surface area contributed by atoms with Crippen molar-refractivity contribution in [1.82, 2.24) is 9.21 Å². The van der Waals surface area contributed by atoms with Gasteiger partial charge in [-0.25, -0.2) is 8.42 Å². The third-order valence-electron chi connectivity index (χ3n) is 5.70. The summed E-state index contributed by atoms with van der Waals surface area (Å²) in [6.45, 7) is 8.89. The van der Waals surface area contributed by atoms with Gasteiger partial charge in [0, 0.05) is 31.8 Å². The van der Waals surface area contributed by atoms with Crippen LogP contribution in [0.25, 0.3) is 0 Å². The molecule has 0 aromatic heterocycles. The van der Waals surface area contributed by atoms with Gasteiger partial charge in [-0.3, -0.25) is 4.79 Å². The van der Waals surface area contributed by atoms with E-state index in [1.807, 2.05) is 19.1 Å². The maximum atomic E-state index is 13.5. The zero-order valence-electron chi connectivity index (χ0n) is 18.8. The average Bonchev–Trinajstić information content (AvgIpc) is 2.73. The van der Waals surface area contributed by atoms with Crippen molar-refractivity contribution in [2.45, 2.75) is 76.7 Å². The summed E-state index contributed by atoms with van der Waals surface area (Å²) in [6.07, 6.45) is 8.10. The van der Waals surface area contributed by atoms with E-state index in [-0.39, 0.29) is 11.2 Å². The molecule has 0 N–H and O–H groups in total. The van der Waals surface area contributed by atoms with Gasteiger partial charge in [0.05, 0.1) is 4.90 Å². The van der Waals surface area contributed by atoms with E-state index in [4.69, 9.17) is 0 Å². The van der Waals surface area contributed by atoms with E-state index in [1.165, 1.54) is 56.4 Å². The number of unbranched alkanes of at least 4 members (excludes halogenated alkanes) is 2. The Hall–Kier alpha value is -0.890. The van der Waals surface area contributed by atoms with E-state index < -0.39 is 10.0 Å². The molecule has 1 atom stereocenters. The van der Waals surface area contributed by atoms with Gasteiger partial charge < -0.3 is 4.90 Å². The fourth-order valence-electron chi connectivity index (χ4n) is 3.86. The van der Waals surface area contributed by atoms with Crippen LogP contribution < -0.4 is 0 Å². The molecule has 7 heteroatoms. The van der Waals surface area contributed by atoms with Crippen LogP contribution in [0.15, 0.2) is 29.2 Å². The normalized spacial score (nSPS) is 16.7.